The summed E-state index contributed by atoms with van der Waals surface area (Å²) in [6, 6.07) is 6.02. The number of benzene rings is 1. The molecule has 2 aromatic rings. The van der Waals surface area contributed by atoms with Gasteiger partial charge in [-0.05, 0) is 24.3 Å². The van der Waals surface area contributed by atoms with E-state index in [-0.39, 0.29) is 16.9 Å². The van der Waals surface area contributed by atoms with Crippen LogP contribution < -0.4 is 5.32 Å². The highest BCUT2D eigenvalue weighted by molar-refractivity contribution is 9.10. The van der Waals surface area contributed by atoms with Crippen molar-refractivity contribution in [2.45, 2.75) is 0 Å². The predicted octanol–water partition coefficient (Wildman–Crippen LogP) is 2.12. The Morgan fingerprint density at radius 3 is 2.72 bits per heavy atom. The van der Waals surface area contributed by atoms with Gasteiger partial charge < -0.3 is 10.4 Å². The Bertz CT molecular complexity index is 596. The van der Waals surface area contributed by atoms with Crippen LogP contribution >= 0.6 is 15.9 Å². The van der Waals surface area contributed by atoms with Gasteiger partial charge in [0.05, 0.1) is 11.3 Å². The van der Waals surface area contributed by atoms with E-state index in [0.29, 0.717) is 4.47 Å². The van der Waals surface area contributed by atoms with Crippen molar-refractivity contribution in [2.24, 2.45) is 0 Å². The highest BCUT2D eigenvalue weighted by atomic mass is 79.9. The molecule has 18 heavy (non-hydrogen) atoms. The monoisotopic (exact) mass is 309 g/mol. The second-order valence-corrected chi connectivity index (χ2v) is 4.34. The van der Waals surface area contributed by atoms with Gasteiger partial charge in [-0.15, -0.1) is 0 Å². The summed E-state index contributed by atoms with van der Waals surface area (Å²) in [5.74, 6) is -1.56. The van der Waals surface area contributed by atoms with Gasteiger partial charge in [-0.3, -0.25) is 9.89 Å². The number of anilines is 1. The summed E-state index contributed by atoms with van der Waals surface area (Å²) in [6.07, 6.45) is 1.44. The largest absolute Gasteiger partial charge is 0.478 e. The lowest BCUT2D eigenvalue weighted by molar-refractivity contribution is 0.0698. The van der Waals surface area contributed by atoms with Gasteiger partial charge in [0.15, 0.2) is 0 Å². The van der Waals surface area contributed by atoms with Crippen molar-refractivity contribution in [3.8, 4) is 0 Å². The Hall–Kier alpha value is -2.15. The number of nitrogens with zero attached hydrogens (tertiary/aromatic N) is 1. The molecular weight excluding hydrogens is 302 g/mol. The Morgan fingerprint density at radius 2 is 2.11 bits per heavy atom. The number of aromatic amines is 1. The van der Waals surface area contributed by atoms with Crippen molar-refractivity contribution in [1.29, 1.82) is 0 Å². The van der Waals surface area contributed by atoms with Crippen LogP contribution in [0.3, 0.4) is 0 Å². The molecule has 6 nitrogen and oxygen atoms in total. The summed E-state index contributed by atoms with van der Waals surface area (Å²) in [4.78, 5) is 22.8. The van der Waals surface area contributed by atoms with Crippen LogP contribution in [0.1, 0.15) is 20.8 Å². The summed E-state index contributed by atoms with van der Waals surface area (Å²) in [5, 5.41) is 17.7. The molecule has 1 heterocycles. The number of hydrogen-bond acceptors (Lipinski definition) is 3. The average molecular weight is 310 g/mol. The van der Waals surface area contributed by atoms with E-state index in [0.717, 1.165) is 0 Å². The third-order valence-corrected chi connectivity index (χ3v) is 2.70. The van der Waals surface area contributed by atoms with E-state index < -0.39 is 11.9 Å². The van der Waals surface area contributed by atoms with Gasteiger partial charge >= 0.3 is 5.97 Å². The van der Waals surface area contributed by atoms with E-state index in [9.17, 15) is 9.59 Å². The Morgan fingerprint density at radius 1 is 1.33 bits per heavy atom. The van der Waals surface area contributed by atoms with Gasteiger partial charge in [-0.25, -0.2) is 4.79 Å². The summed E-state index contributed by atoms with van der Waals surface area (Å²) in [6.45, 7) is 0. The number of carbonyl (C=O) groups excluding carboxylic acids is 1. The van der Waals surface area contributed by atoms with Crippen molar-refractivity contribution in [3.63, 3.8) is 0 Å². The maximum Gasteiger partial charge on any atom is 0.337 e. The minimum absolute atomic E-state index is 0.0195. The first-order valence-electron chi connectivity index (χ1n) is 4.91. The number of H-pyrrole nitrogens is 1. The molecule has 2 rings (SSSR count). The van der Waals surface area contributed by atoms with Crippen LogP contribution in [0, 0.1) is 0 Å². The molecule has 0 radical (unpaired) electrons. The summed E-state index contributed by atoms with van der Waals surface area (Å²) in [7, 11) is 0. The van der Waals surface area contributed by atoms with Crippen LogP contribution in [0.15, 0.2) is 34.9 Å². The first-order valence-corrected chi connectivity index (χ1v) is 5.71. The molecule has 1 amide bonds. The highest BCUT2D eigenvalue weighted by Gasteiger charge is 2.14. The molecule has 0 bridgehead atoms. The minimum Gasteiger partial charge on any atom is -0.478 e. The van der Waals surface area contributed by atoms with E-state index in [1.54, 1.807) is 6.07 Å². The maximum atomic E-state index is 11.8. The molecule has 1 aromatic heterocycles. The second-order valence-electron chi connectivity index (χ2n) is 3.42. The maximum absolute atomic E-state index is 11.8. The number of rotatable bonds is 3. The molecule has 7 heteroatoms. The molecule has 0 saturated heterocycles. The Labute approximate surface area is 110 Å². The Balaban J connectivity index is 2.31. The third kappa shape index (κ3) is 2.57. The van der Waals surface area contributed by atoms with Crippen molar-refractivity contribution in [3.05, 3.63) is 46.2 Å². The molecule has 3 N–H and O–H groups in total. The summed E-state index contributed by atoms with van der Waals surface area (Å²) >= 11 is 3.22. The molecule has 0 aliphatic heterocycles. The zero-order valence-corrected chi connectivity index (χ0v) is 10.6. The number of nitrogens with one attached hydrogen (secondary N) is 2. The fraction of sp³-hybridized carbons (Fsp3) is 0. The topological polar surface area (TPSA) is 95.1 Å². The van der Waals surface area contributed by atoms with Crippen LogP contribution in [-0.2, 0) is 0 Å². The molecule has 0 unspecified atom stereocenters. The van der Waals surface area contributed by atoms with Gasteiger partial charge in [0.1, 0.15) is 5.69 Å². The normalized spacial score (nSPS) is 10.1. The number of carboxylic acids is 1. The fourth-order valence-corrected chi connectivity index (χ4v) is 1.74. The molecular formula is C11H8BrN3O3. The number of aromatic carboxylic acids is 1. The average Bonchev–Trinajstić information content (AvgIpc) is 2.81. The highest BCUT2D eigenvalue weighted by Crippen LogP contribution is 2.22. The lowest BCUT2D eigenvalue weighted by atomic mass is 10.2. The van der Waals surface area contributed by atoms with E-state index in [1.807, 2.05) is 0 Å². The van der Waals surface area contributed by atoms with Gasteiger partial charge in [0.2, 0.25) is 0 Å². The van der Waals surface area contributed by atoms with Gasteiger partial charge in [-0.1, -0.05) is 15.9 Å². The number of halogens is 1. The molecule has 0 fully saturated rings. The lowest BCUT2D eigenvalue weighted by Crippen LogP contribution is -2.15. The number of aromatic nitrogens is 2. The molecule has 0 spiro atoms. The van der Waals surface area contributed by atoms with E-state index >= 15 is 0 Å². The van der Waals surface area contributed by atoms with Gasteiger partial charge in [0.25, 0.3) is 5.91 Å². The predicted molar refractivity (Wildman–Crippen MR) is 67.6 cm³/mol. The molecule has 92 valence electrons. The van der Waals surface area contributed by atoms with Gasteiger partial charge in [-0.2, -0.15) is 5.10 Å². The Kier molecular flexibility index (Phi) is 3.42. The van der Waals surface area contributed by atoms with Crippen LogP contribution in [0.25, 0.3) is 0 Å². The van der Waals surface area contributed by atoms with Crippen molar-refractivity contribution < 1.29 is 14.7 Å². The standard InChI is InChI=1S/C11H8BrN3O3/c12-6-1-2-7(11(17)18)9(5-6)14-10(16)8-3-4-13-15-8/h1-5H,(H,13,15)(H,14,16)(H,17,18). The van der Waals surface area contributed by atoms with Gasteiger partial charge in [0, 0.05) is 10.7 Å². The van der Waals surface area contributed by atoms with E-state index in [1.165, 1.54) is 24.4 Å². The van der Waals surface area contributed by atoms with Crippen LogP contribution in [0.2, 0.25) is 0 Å². The summed E-state index contributed by atoms with van der Waals surface area (Å²) in [5.41, 5.74) is 0.494. The second kappa shape index (κ2) is 5.01. The smallest absolute Gasteiger partial charge is 0.337 e. The SMILES string of the molecule is O=C(Nc1cc(Br)ccc1C(=O)O)c1ccn[nH]1. The van der Waals surface area contributed by atoms with Crippen LogP contribution in [0.4, 0.5) is 5.69 Å². The van der Waals surface area contributed by atoms with Crippen molar-refractivity contribution in [2.75, 3.05) is 5.32 Å². The minimum atomic E-state index is -1.11. The van der Waals surface area contributed by atoms with Crippen molar-refractivity contribution >= 4 is 33.5 Å². The molecule has 0 atom stereocenters. The summed E-state index contributed by atoms with van der Waals surface area (Å²) < 4.78 is 0.674. The van der Waals surface area contributed by atoms with Crippen LogP contribution in [-0.4, -0.2) is 27.2 Å². The van der Waals surface area contributed by atoms with E-state index in [2.05, 4.69) is 31.4 Å². The number of hydrogen-bond donors (Lipinski definition) is 3. The fourth-order valence-electron chi connectivity index (χ4n) is 1.38. The third-order valence-electron chi connectivity index (χ3n) is 2.21. The molecule has 0 saturated carbocycles. The number of carboxylic acid groups (broad SMARTS) is 1. The van der Waals surface area contributed by atoms with Crippen LogP contribution in [0.5, 0.6) is 0 Å². The first kappa shape index (κ1) is 12.3. The molecule has 0 aliphatic rings. The molecule has 0 aliphatic carbocycles. The van der Waals surface area contributed by atoms with Crippen molar-refractivity contribution in [1.82, 2.24) is 10.2 Å². The molecule has 1 aromatic carbocycles. The number of amides is 1. The first-order chi connectivity index (χ1) is 8.58. The zero-order chi connectivity index (χ0) is 13.1. The quantitative estimate of drug-likeness (QED) is 0.809. The number of carbonyl (C=O) groups is 2. The van der Waals surface area contributed by atoms with E-state index in [4.69, 9.17) is 5.11 Å². The zero-order valence-electron chi connectivity index (χ0n) is 8.98. The lowest BCUT2D eigenvalue weighted by Gasteiger charge is -2.07.